The van der Waals surface area contributed by atoms with Crippen LogP contribution in [0.15, 0.2) is 12.4 Å². The van der Waals surface area contributed by atoms with Gasteiger partial charge in [0.2, 0.25) is 5.91 Å². The van der Waals surface area contributed by atoms with Gasteiger partial charge in [0, 0.05) is 0 Å². The van der Waals surface area contributed by atoms with E-state index in [2.05, 4.69) is 12.3 Å². The zero-order chi connectivity index (χ0) is 6.73. The zero-order valence-corrected chi connectivity index (χ0v) is 4.23. The maximum atomic E-state index is 11.7. The SMILES string of the molecule is C=C(F)C(N)C(N)=O. The molecule has 8 heavy (non-hydrogen) atoms. The molecule has 0 spiro atoms. The summed E-state index contributed by atoms with van der Waals surface area (Å²) in [6.45, 7) is 2.78. The van der Waals surface area contributed by atoms with Crippen LogP contribution in [0.5, 0.6) is 0 Å². The van der Waals surface area contributed by atoms with Gasteiger partial charge < -0.3 is 11.5 Å². The molecule has 0 saturated heterocycles. The highest BCUT2D eigenvalue weighted by Crippen LogP contribution is 1.94. The van der Waals surface area contributed by atoms with E-state index in [1.807, 2.05) is 0 Å². The third kappa shape index (κ3) is 1.70. The van der Waals surface area contributed by atoms with Crippen molar-refractivity contribution in [3.8, 4) is 0 Å². The first-order chi connectivity index (χ1) is 3.55. The molecule has 1 atom stereocenters. The molecule has 0 radical (unpaired) electrons. The molecule has 4 heteroatoms. The number of nitrogens with two attached hydrogens (primary N) is 2. The molecule has 0 bridgehead atoms. The summed E-state index contributed by atoms with van der Waals surface area (Å²) in [5.74, 6) is -1.81. The third-order valence-electron chi connectivity index (χ3n) is 0.644. The van der Waals surface area contributed by atoms with Gasteiger partial charge in [0.05, 0.1) is 0 Å². The maximum Gasteiger partial charge on any atom is 0.241 e. The Bertz CT molecular complexity index is 109. The first-order valence-electron chi connectivity index (χ1n) is 1.95. The van der Waals surface area contributed by atoms with Crippen molar-refractivity contribution in [3.05, 3.63) is 12.4 Å². The predicted octanol–water partition coefficient (Wildman–Crippen LogP) is -0.718. The number of amides is 1. The second kappa shape index (κ2) is 2.42. The fourth-order valence-electron chi connectivity index (χ4n) is 0.154. The van der Waals surface area contributed by atoms with E-state index in [9.17, 15) is 9.18 Å². The van der Waals surface area contributed by atoms with Crippen LogP contribution in [0.4, 0.5) is 4.39 Å². The molecule has 0 heterocycles. The minimum absolute atomic E-state index is 0.905. The Balaban J connectivity index is 3.83. The Morgan fingerprint density at radius 3 is 2.12 bits per heavy atom. The van der Waals surface area contributed by atoms with Gasteiger partial charge in [-0.3, -0.25) is 4.79 Å². The van der Waals surface area contributed by atoms with Crippen LogP contribution in [0.2, 0.25) is 0 Å². The Labute approximate surface area is 46.2 Å². The maximum absolute atomic E-state index is 11.7. The summed E-state index contributed by atoms with van der Waals surface area (Å²) in [4.78, 5) is 9.94. The Hall–Kier alpha value is -0.900. The van der Waals surface area contributed by atoms with Gasteiger partial charge in [-0.1, -0.05) is 6.58 Å². The van der Waals surface area contributed by atoms with Crippen molar-refractivity contribution in [1.29, 1.82) is 0 Å². The van der Waals surface area contributed by atoms with Crippen LogP contribution in [0.25, 0.3) is 0 Å². The highest BCUT2D eigenvalue weighted by molar-refractivity contribution is 5.82. The molecule has 0 aliphatic heterocycles. The molecule has 0 saturated carbocycles. The normalized spacial score (nSPS) is 12.8. The van der Waals surface area contributed by atoms with Gasteiger partial charge in [0.25, 0.3) is 0 Å². The lowest BCUT2D eigenvalue weighted by atomic mass is 10.3. The summed E-state index contributed by atoms with van der Waals surface area (Å²) in [6.07, 6.45) is 0. The van der Waals surface area contributed by atoms with Crippen LogP contribution >= 0.6 is 0 Å². The van der Waals surface area contributed by atoms with E-state index < -0.39 is 17.8 Å². The van der Waals surface area contributed by atoms with Crippen LogP contribution in [-0.4, -0.2) is 11.9 Å². The largest absolute Gasteiger partial charge is 0.368 e. The summed E-state index contributed by atoms with van der Waals surface area (Å²) in [6, 6.07) is -1.35. The van der Waals surface area contributed by atoms with Gasteiger partial charge in [-0.05, 0) is 0 Å². The monoisotopic (exact) mass is 118 g/mol. The molecular weight excluding hydrogens is 111 g/mol. The van der Waals surface area contributed by atoms with Gasteiger partial charge in [-0.2, -0.15) is 0 Å². The van der Waals surface area contributed by atoms with Crippen LogP contribution in [0.3, 0.4) is 0 Å². The van der Waals surface area contributed by atoms with E-state index >= 15 is 0 Å². The van der Waals surface area contributed by atoms with Crippen molar-refractivity contribution in [2.45, 2.75) is 6.04 Å². The molecule has 4 N–H and O–H groups in total. The molecule has 0 fully saturated rings. The number of rotatable bonds is 2. The minimum atomic E-state index is -1.35. The van der Waals surface area contributed by atoms with Gasteiger partial charge >= 0.3 is 0 Å². The van der Waals surface area contributed by atoms with Gasteiger partial charge in [0.1, 0.15) is 11.9 Å². The number of primary amides is 1. The Kier molecular flexibility index (Phi) is 2.15. The Morgan fingerprint density at radius 1 is 1.75 bits per heavy atom. The second-order valence-electron chi connectivity index (χ2n) is 1.33. The highest BCUT2D eigenvalue weighted by atomic mass is 19.1. The van der Waals surface area contributed by atoms with Crippen molar-refractivity contribution in [3.63, 3.8) is 0 Å². The fourth-order valence-corrected chi connectivity index (χ4v) is 0.154. The van der Waals surface area contributed by atoms with Crippen LogP contribution < -0.4 is 11.5 Å². The van der Waals surface area contributed by atoms with Crippen molar-refractivity contribution >= 4 is 5.91 Å². The predicted molar refractivity (Wildman–Crippen MR) is 27.4 cm³/mol. The van der Waals surface area contributed by atoms with E-state index in [0.717, 1.165) is 0 Å². The lowest BCUT2D eigenvalue weighted by molar-refractivity contribution is -0.118. The summed E-state index contributed by atoms with van der Waals surface area (Å²) in [5, 5.41) is 0. The molecule has 0 aromatic heterocycles. The molecule has 0 aromatic carbocycles. The summed E-state index contributed by atoms with van der Waals surface area (Å²) in [5.41, 5.74) is 9.38. The van der Waals surface area contributed by atoms with E-state index in [1.54, 1.807) is 0 Å². The summed E-state index contributed by atoms with van der Waals surface area (Å²) >= 11 is 0. The third-order valence-corrected chi connectivity index (χ3v) is 0.644. The molecule has 46 valence electrons. The van der Waals surface area contributed by atoms with Crippen LogP contribution in [0.1, 0.15) is 0 Å². The van der Waals surface area contributed by atoms with Gasteiger partial charge in [-0.25, -0.2) is 4.39 Å². The standard InChI is InChI=1S/C4H7FN2O/c1-2(5)3(6)4(7)8/h3H,1,6H2,(H2,7,8). The zero-order valence-electron chi connectivity index (χ0n) is 4.23. The van der Waals surface area contributed by atoms with Gasteiger partial charge in [-0.15, -0.1) is 0 Å². The molecule has 0 rings (SSSR count). The number of carbonyl (C=O) groups is 1. The van der Waals surface area contributed by atoms with E-state index in [0.29, 0.717) is 0 Å². The molecule has 3 nitrogen and oxygen atoms in total. The topological polar surface area (TPSA) is 69.1 Å². The molecule has 1 amide bonds. The van der Waals surface area contributed by atoms with Crippen molar-refractivity contribution < 1.29 is 9.18 Å². The fraction of sp³-hybridized carbons (Fsp3) is 0.250. The minimum Gasteiger partial charge on any atom is -0.368 e. The average Bonchev–Trinajstić information content (AvgIpc) is 1.64. The number of hydrogen-bond donors (Lipinski definition) is 2. The van der Waals surface area contributed by atoms with Crippen molar-refractivity contribution in [2.24, 2.45) is 11.5 Å². The first kappa shape index (κ1) is 7.10. The molecule has 1 unspecified atom stereocenters. The second-order valence-corrected chi connectivity index (χ2v) is 1.33. The number of hydrogen-bond acceptors (Lipinski definition) is 2. The summed E-state index contributed by atoms with van der Waals surface area (Å²) < 4.78 is 11.7. The molecule has 0 aromatic rings. The van der Waals surface area contributed by atoms with Crippen LogP contribution in [0, 0.1) is 0 Å². The van der Waals surface area contributed by atoms with Crippen molar-refractivity contribution in [1.82, 2.24) is 0 Å². The van der Waals surface area contributed by atoms with Gasteiger partial charge in [0.15, 0.2) is 0 Å². The smallest absolute Gasteiger partial charge is 0.241 e. The van der Waals surface area contributed by atoms with E-state index in [4.69, 9.17) is 5.73 Å². The number of carbonyl (C=O) groups excluding carboxylic acids is 1. The van der Waals surface area contributed by atoms with Crippen LogP contribution in [-0.2, 0) is 4.79 Å². The molecular formula is C4H7FN2O. The van der Waals surface area contributed by atoms with Crippen molar-refractivity contribution in [2.75, 3.05) is 0 Å². The average molecular weight is 118 g/mol. The Morgan fingerprint density at radius 2 is 2.12 bits per heavy atom. The summed E-state index contributed by atoms with van der Waals surface area (Å²) in [7, 11) is 0. The van der Waals surface area contributed by atoms with E-state index in [1.165, 1.54) is 0 Å². The molecule has 0 aliphatic carbocycles. The quantitative estimate of drug-likeness (QED) is 0.502. The van der Waals surface area contributed by atoms with E-state index in [-0.39, 0.29) is 0 Å². The lowest BCUT2D eigenvalue weighted by Gasteiger charge is -1.99. The first-order valence-corrected chi connectivity index (χ1v) is 1.95. The lowest BCUT2D eigenvalue weighted by Crippen LogP contribution is -2.36. The number of halogens is 1. The highest BCUT2D eigenvalue weighted by Gasteiger charge is 2.11. The molecule has 0 aliphatic rings.